The van der Waals surface area contributed by atoms with Crippen LogP contribution in [-0.2, 0) is 9.53 Å². The van der Waals surface area contributed by atoms with Crippen LogP contribution < -0.4 is 4.90 Å². The van der Waals surface area contributed by atoms with Gasteiger partial charge < -0.3 is 9.64 Å². The maximum Gasteiger partial charge on any atom is 0.308 e. The van der Waals surface area contributed by atoms with E-state index < -0.39 is 23.3 Å². The van der Waals surface area contributed by atoms with Gasteiger partial charge >= 0.3 is 5.97 Å². The van der Waals surface area contributed by atoms with Crippen molar-refractivity contribution in [3.05, 3.63) is 23.8 Å². The van der Waals surface area contributed by atoms with Gasteiger partial charge in [0.2, 0.25) is 5.82 Å². The molecule has 2 atom stereocenters. The summed E-state index contributed by atoms with van der Waals surface area (Å²) in [6.45, 7) is 2.03. The molecule has 1 aromatic heterocycles. The lowest BCUT2D eigenvalue weighted by molar-refractivity contribution is -0.149. The number of ether oxygens (including phenoxy) is 1. The van der Waals surface area contributed by atoms with E-state index in [1.165, 1.54) is 11.9 Å². The lowest BCUT2D eigenvalue weighted by Gasteiger charge is -2.35. The van der Waals surface area contributed by atoms with Gasteiger partial charge in [0, 0.05) is 13.1 Å². The summed E-state index contributed by atoms with van der Waals surface area (Å²) >= 11 is 0. The summed E-state index contributed by atoms with van der Waals surface area (Å²) in [5.41, 5.74) is -0.443. The molecule has 7 heteroatoms. The van der Waals surface area contributed by atoms with Gasteiger partial charge in [0.15, 0.2) is 5.82 Å². The van der Waals surface area contributed by atoms with Crippen LogP contribution in [0.15, 0.2) is 6.20 Å². The molecule has 1 fully saturated rings. The van der Waals surface area contributed by atoms with E-state index in [0.717, 1.165) is 6.42 Å². The van der Waals surface area contributed by atoms with Crippen molar-refractivity contribution < 1.29 is 22.7 Å². The Morgan fingerprint density at radius 2 is 2.14 bits per heavy atom. The number of aromatic nitrogens is 1. The summed E-state index contributed by atoms with van der Waals surface area (Å²) in [4.78, 5) is 16.2. The summed E-state index contributed by atoms with van der Waals surface area (Å²) in [5.74, 6) is -4.14. The van der Waals surface area contributed by atoms with Crippen LogP contribution in [0.3, 0.4) is 0 Å². The summed E-state index contributed by atoms with van der Waals surface area (Å²) in [7, 11) is 1.50. The molecular formula is C15H19F3N2O2. The number of anilines is 1. The van der Waals surface area contributed by atoms with Gasteiger partial charge in [-0.3, -0.25) is 4.79 Å². The van der Waals surface area contributed by atoms with Crippen LogP contribution >= 0.6 is 0 Å². The number of halogens is 3. The third kappa shape index (κ3) is 3.34. The molecule has 0 bridgehead atoms. The second kappa shape index (κ2) is 6.98. The third-order valence-electron chi connectivity index (χ3n) is 4.07. The van der Waals surface area contributed by atoms with Crippen molar-refractivity contribution >= 4 is 11.7 Å². The SMILES string of the molecule is CCOC(=O)C1CCCC(N(C)c2c(F)cnc(F)c2F)C1. The number of hydrogen-bond donors (Lipinski definition) is 0. The maximum absolute atomic E-state index is 13.8. The van der Waals surface area contributed by atoms with E-state index in [-0.39, 0.29) is 17.9 Å². The van der Waals surface area contributed by atoms with Crippen molar-refractivity contribution in [1.82, 2.24) is 4.98 Å². The molecule has 0 radical (unpaired) electrons. The molecule has 122 valence electrons. The second-order valence-electron chi connectivity index (χ2n) is 5.44. The van der Waals surface area contributed by atoms with Crippen molar-refractivity contribution in [2.24, 2.45) is 5.92 Å². The van der Waals surface area contributed by atoms with Crippen LogP contribution in [0.2, 0.25) is 0 Å². The molecule has 1 heterocycles. The van der Waals surface area contributed by atoms with Crippen molar-refractivity contribution in [2.75, 3.05) is 18.6 Å². The molecule has 0 saturated heterocycles. The number of pyridine rings is 1. The van der Waals surface area contributed by atoms with Gasteiger partial charge in [0.05, 0.1) is 18.7 Å². The second-order valence-corrected chi connectivity index (χ2v) is 5.44. The minimum absolute atomic E-state index is 0.256. The molecule has 0 aliphatic heterocycles. The van der Waals surface area contributed by atoms with E-state index in [9.17, 15) is 18.0 Å². The topological polar surface area (TPSA) is 42.4 Å². The average Bonchev–Trinajstić information content (AvgIpc) is 2.51. The molecule has 0 amide bonds. The van der Waals surface area contributed by atoms with E-state index >= 15 is 0 Å². The Morgan fingerprint density at radius 1 is 1.41 bits per heavy atom. The number of esters is 1. The van der Waals surface area contributed by atoms with Gasteiger partial charge in [-0.25, -0.2) is 9.37 Å². The first-order chi connectivity index (χ1) is 10.5. The lowest BCUT2D eigenvalue weighted by atomic mass is 9.85. The van der Waals surface area contributed by atoms with Gasteiger partial charge in [0.25, 0.3) is 5.95 Å². The summed E-state index contributed by atoms with van der Waals surface area (Å²) in [6.07, 6.45) is 3.21. The van der Waals surface area contributed by atoms with Crippen LogP contribution in [0.1, 0.15) is 32.6 Å². The zero-order chi connectivity index (χ0) is 16.3. The molecule has 0 spiro atoms. The van der Waals surface area contributed by atoms with E-state index in [2.05, 4.69) is 4.98 Å². The summed E-state index contributed by atoms with van der Waals surface area (Å²) in [5, 5.41) is 0. The van der Waals surface area contributed by atoms with Crippen molar-refractivity contribution in [3.8, 4) is 0 Å². The smallest absolute Gasteiger partial charge is 0.308 e. The molecular weight excluding hydrogens is 297 g/mol. The van der Waals surface area contributed by atoms with Gasteiger partial charge in [-0.15, -0.1) is 0 Å². The fourth-order valence-electron chi connectivity index (χ4n) is 2.93. The molecule has 2 unspecified atom stereocenters. The molecule has 22 heavy (non-hydrogen) atoms. The number of carbonyl (C=O) groups is 1. The van der Waals surface area contributed by atoms with Crippen LogP contribution in [0.25, 0.3) is 0 Å². The highest BCUT2D eigenvalue weighted by Gasteiger charge is 2.32. The minimum atomic E-state index is -1.33. The first-order valence-corrected chi connectivity index (χ1v) is 7.34. The highest BCUT2D eigenvalue weighted by Crippen LogP contribution is 2.33. The zero-order valence-corrected chi connectivity index (χ0v) is 12.6. The monoisotopic (exact) mass is 316 g/mol. The fraction of sp³-hybridized carbons (Fsp3) is 0.600. The van der Waals surface area contributed by atoms with Crippen LogP contribution in [0.5, 0.6) is 0 Å². The molecule has 0 N–H and O–H groups in total. The van der Waals surface area contributed by atoms with Crippen molar-refractivity contribution in [1.29, 1.82) is 0 Å². The van der Waals surface area contributed by atoms with Crippen LogP contribution in [0, 0.1) is 23.5 Å². The predicted molar refractivity (Wildman–Crippen MR) is 74.9 cm³/mol. The Balaban J connectivity index is 2.17. The minimum Gasteiger partial charge on any atom is -0.466 e. The van der Waals surface area contributed by atoms with E-state index in [1.807, 2.05) is 0 Å². The Bertz CT molecular complexity index is 554. The molecule has 4 nitrogen and oxygen atoms in total. The molecule has 0 aromatic carbocycles. The van der Waals surface area contributed by atoms with Gasteiger partial charge in [0.1, 0.15) is 5.69 Å². The van der Waals surface area contributed by atoms with Gasteiger partial charge in [-0.2, -0.15) is 8.78 Å². The number of nitrogens with zero attached hydrogens (tertiary/aromatic N) is 2. The molecule has 1 aromatic rings. The number of rotatable bonds is 4. The summed E-state index contributed by atoms with van der Waals surface area (Å²) < 4.78 is 45.9. The van der Waals surface area contributed by atoms with Crippen molar-refractivity contribution in [3.63, 3.8) is 0 Å². The highest BCUT2D eigenvalue weighted by molar-refractivity contribution is 5.72. The first kappa shape index (κ1) is 16.6. The Hall–Kier alpha value is -1.79. The first-order valence-electron chi connectivity index (χ1n) is 7.34. The zero-order valence-electron chi connectivity index (χ0n) is 12.6. The van der Waals surface area contributed by atoms with E-state index in [0.29, 0.717) is 32.1 Å². The maximum atomic E-state index is 13.8. The van der Waals surface area contributed by atoms with Crippen molar-refractivity contribution in [2.45, 2.75) is 38.6 Å². The van der Waals surface area contributed by atoms with Crippen LogP contribution in [-0.4, -0.2) is 30.6 Å². The van der Waals surface area contributed by atoms with Gasteiger partial charge in [-0.1, -0.05) is 6.42 Å². The molecule has 2 rings (SSSR count). The Labute approximate surface area is 127 Å². The quantitative estimate of drug-likeness (QED) is 0.632. The Kier molecular flexibility index (Phi) is 5.26. The predicted octanol–water partition coefficient (Wildman–Crippen LogP) is 3.06. The number of hydrogen-bond acceptors (Lipinski definition) is 4. The normalized spacial score (nSPS) is 21.5. The average molecular weight is 316 g/mol. The fourth-order valence-corrected chi connectivity index (χ4v) is 2.93. The van der Waals surface area contributed by atoms with E-state index in [4.69, 9.17) is 4.74 Å². The molecule has 1 aliphatic rings. The highest BCUT2D eigenvalue weighted by atomic mass is 19.2. The standard InChI is InChI=1S/C15H19F3N2O2/c1-3-22-15(21)9-5-4-6-10(7-9)20(2)13-11(16)8-19-14(18)12(13)17/h8-10H,3-7H2,1-2H3. The largest absolute Gasteiger partial charge is 0.466 e. The molecule has 1 aliphatic carbocycles. The third-order valence-corrected chi connectivity index (χ3v) is 4.07. The van der Waals surface area contributed by atoms with Gasteiger partial charge in [-0.05, 0) is 26.2 Å². The molecule has 1 saturated carbocycles. The Morgan fingerprint density at radius 3 is 2.82 bits per heavy atom. The summed E-state index contributed by atoms with van der Waals surface area (Å²) in [6, 6.07) is -0.256. The number of carbonyl (C=O) groups excluding carboxylic acids is 1. The lowest BCUT2D eigenvalue weighted by Crippen LogP contribution is -2.39. The van der Waals surface area contributed by atoms with Crippen LogP contribution in [0.4, 0.5) is 18.9 Å². The van der Waals surface area contributed by atoms with E-state index in [1.54, 1.807) is 6.92 Å².